The third kappa shape index (κ3) is 4.30. The van der Waals surface area contributed by atoms with Crippen LogP contribution < -0.4 is 5.32 Å². The molecule has 0 saturated carbocycles. The molecule has 20 heavy (non-hydrogen) atoms. The topological polar surface area (TPSA) is 12.0 Å². The highest BCUT2D eigenvalue weighted by Gasteiger charge is 2.11. The maximum absolute atomic E-state index is 13.3. The second kappa shape index (κ2) is 7.21. The molecule has 0 aromatic heterocycles. The molecule has 0 heterocycles. The molecule has 1 atom stereocenters. The largest absolute Gasteiger partial charge is 0.316 e. The van der Waals surface area contributed by atoms with Gasteiger partial charge in [-0.1, -0.05) is 39.7 Å². The first kappa shape index (κ1) is 15.5. The van der Waals surface area contributed by atoms with E-state index in [1.165, 1.54) is 11.6 Å². The van der Waals surface area contributed by atoms with Crippen LogP contribution >= 0.6 is 27.5 Å². The van der Waals surface area contributed by atoms with Crippen LogP contribution in [0.2, 0.25) is 5.02 Å². The van der Waals surface area contributed by atoms with Gasteiger partial charge in [-0.25, -0.2) is 4.39 Å². The monoisotopic (exact) mass is 355 g/mol. The van der Waals surface area contributed by atoms with Gasteiger partial charge in [0, 0.05) is 15.5 Å². The van der Waals surface area contributed by atoms with Crippen LogP contribution in [-0.2, 0) is 12.8 Å². The Kier molecular flexibility index (Phi) is 5.58. The smallest absolute Gasteiger partial charge is 0.123 e. The summed E-state index contributed by atoms with van der Waals surface area (Å²) < 4.78 is 14.3. The third-order valence-corrected chi connectivity index (χ3v) is 4.26. The fourth-order valence-corrected chi connectivity index (χ4v) is 2.81. The van der Waals surface area contributed by atoms with Crippen LogP contribution in [-0.4, -0.2) is 13.1 Å². The van der Waals surface area contributed by atoms with E-state index in [9.17, 15) is 4.39 Å². The molecule has 0 spiro atoms. The predicted octanol–water partition coefficient (Wildman–Crippen LogP) is 4.61. The Morgan fingerprint density at radius 2 is 2.00 bits per heavy atom. The molecule has 4 heteroatoms. The van der Waals surface area contributed by atoms with Gasteiger partial charge in [-0.2, -0.15) is 0 Å². The number of benzene rings is 2. The summed E-state index contributed by atoms with van der Waals surface area (Å²) in [5.74, 6) is -0.208. The second-order valence-electron chi connectivity index (χ2n) is 4.76. The van der Waals surface area contributed by atoms with Crippen LogP contribution in [0.25, 0.3) is 0 Å². The summed E-state index contributed by atoms with van der Waals surface area (Å²) in [4.78, 5) is 0. The summed E-state index contributed by atoms with van der Waals surface area (Å²) >= 11 is 9.47. The summed E-state index contributed by atoms with van der Waals surface area (Å²) in [7, 11) is 1.92. The minimum absolute atomic E-state index is 0.208. The highest BCUT2D eigenvalue weighted by Crippen LogP contribution is 2.21. The number of nitrogens with one attached hydrogen (secondary N) is 1. The average molecular weight is 357 g/mol. The normalized spacial score (nSPS) is 12.4. The van der Waals surface area contributed by atoms with Crippen LogP contribution in [0, 0.1) is 5.82 Å². The van der Waals surface area contributed by atoms with Crippen molar-refractivity contribution in [3.8, 4) is 0 Å². The first-order valence-electron chi connectivity index (χ1n) is 6.44. The molecule has 0 radical (unpaired) electrons. The van der Waals surface area contributed by atoms with Crippen molar-refractivity contribution in [1.29, 1.82) is 0 Å². The standard InChI is InChI=1S/C16H16BrClFN/c1-20-15(8-11-3-2-4-13(18)7-11)10-12-9-14(19)5-6-16(12)17/h2-7,9,15,20H,8,10H2,1H3. The van der Waals surface area contributed by atoms with E-state index in [1.54, 1.807) is 12.1 Å². The lowest BCUT2D eigenvalue weighted by Gasteiger charge is -2.17. The predicted molar refractivity (Wildman–Crippen MR) is 85.8 cm³/mol. The SMILES string of the molecule is CNC(Cc1cccc(Cl)c1)Cc1cc(F)ccc1Br. The zero-order valence-electron chi connectivity index (χ0n) is 11.2. The molecular formula is C16H16BrClFN. The van der Waals surface area contributed by atoms with Gasteiger partial charge in [-0.15, -0.1) is 0 Å². The number of hydrogen-bond donors (Lipinski definition) is 1. The molecule has 0 aliphatic heterocycles. The van der Waals surface area contributed by atoms with Gasteiger partial charge in [0.15, 0.2) is 0 Å². The summed E-state index contributed by atoms with van der Waals surface area (Å²) in [6.07, 6.45) is 1.60. The van der Waals surface area contributed by atoms with Crippen molar-refractivity contribution in [2.75, 3.05) is 7.05 Å². The first-order chi connectivity index (χ1) is 9.58. The molecule has 0 aliphatic rings. The molecule has 0 amide bonds. The summed E-state index contributed by atoms with van der Waals surface area (Å²) in [6, 6.07) is 12.8. The van der Waals surface area contributed by atoms with Gasteiger partial charge in [0.05, 0.1) is 0 Å². The summed E-state index contributed by atoms with van der Waals surface area (Å²) in [6.45, 7) is 0. The van der Waals surface area contributed by atoms with E-state index < -0.39 is 0 Å². The molecule has 1 nitrogen and oxygen atoms in total. The molecule has 0 fully saturated rings. The maximum atomic E-state index is 13.3. The van der Waals surface area contributed by atoms with Crippen molar-refractivity contribution < 1.29 is 4.39 Å². The van der Waals surface area contributed by atoms with Crippen LogP contribution in [0.15, 0.2) is 46.9 Å². The van der Waals surface area contributed by atoms with E-state index in [0.717, 1.165) is 27.9 Å². The Labute approximate surface area is 132 Å². The minimum atomic E-state index is -0.208. The average Bonchev–Trinajstić information content (AvgIpc) is 2.42. The van der Waals surface area contributed by atoms with Crippen molar-refractivity contribution in [1.82, 2.24) is 5.32 Å². The quantitative estimate of drug-likeness (QED) is 0.824. The van der Waals surface area contributed by atoms with Crippen LogP contribution in [0.3, 0.4) is 0 Å². The molecule has 2 aromatic rings. The number of hydrogen-bond acceptors (Lipinski definition) is 1. The molecule has 0 bridgehead atoms. The van der Waals surface area contributed by atoms with E-state index in [1.807, 2.05) is 25.2 Å². The number of rotatable bonds is 5. The Hall–Kier alpha value is -0.900. The van der Waals surface area contributed by atoms with E-state index >= 15 is 0 Å². The lowest BCUT2D eigenvalue weighted by Crippen LogP contribution is -2.30. The zero-order valence-corrected chi connectivity index (χ0v) is 13.5. The fourth-order valence-electron chi connectivity index (χ4n) is 2.19. The van der Waals surface area contributed by atoms with E-state index in [-0.39, 0.29) is 11.9 Å². The van der Waals surface area contributed by atoms with Gasteiger partial charge in [-0.05, 0) is 61.3 Å². The lowest BCUT2D eigenvalue weighted by molar-refractivity contribution is 0.552. The van der Waals surface area contributed by atoms with Crippen LogP contribution in [0.1, 0.15) is 11.1 Å². The molecule has 0 aliphatic carbocycles. The van der Waals surface area contributed by atoms with Crippen molar-refractivity contribution in [3.63, 3.8) is 0 Å². The Bertz CT molecular complexity index is 588. The lowest BCUT2D eigenvalue weighted by atomic mass is 9.99. The van der Waals surface area contributed by atoms with Crippen molar-refractivity contribution in [3.05, 3.63) is 68.9 Å². The van der Waals surface area contributed by atoms with Gasteiger partial charge in [0.25, 0.3) is 0 Å². The Balaban J connectivity index is 2.11. The maximum Gasteiger partial charge on any atom is 0.123 e. The first-order valence-corrected chi connectivity index (χ1v) is 7.61. The van der Waals surface area contributed by atoms with Gasteiger partial charge in [0.2, 0.25) is 0 Å². The molecule has 2 rings (SSSR count). The molecule has 1 unspecified atom stereocenters. The molecule has 2 aromatic carbocycles. The Morgan fingerprint density at radius 3 is 2.70 bits per heavy atom. The number of halogens is 3. The highest BCUT2D eigenvalue weighted by atomic mass is 79.9. The van der Waals surface area contributed by atoms with Crippen molar-refractivity contribution in [2.24, 2.45) is 0 Å². The van der Waals surface area contributed by atoms with Gasteiger partial charge >= 0.3 is 0 Å². The Morgan fingerprint density at radius 1 is 1.20 bits per heavy atom. The highest BCUT2D eigenvalue weighted by molar-refractivity contribution is 9.10. The molecular weight excluding hydrogens is 341 g/mol. The minimum Gasteiger partial charge on any atom is -0.316 e. The van der Waals surface area contributed by atoms with Gasteiger partial charge in [0.1, 0.15) is 5.82 Å². The van der Waals surface area contributed by atoms with Crippen LogP contribution in [0.5, 0.6) is 0 Å². The van der Waals surface area contributed by atoms with Crippen LogP contribution in [0.4, 0.5) is 4.39 Å². The van der Waals surface area contributed by atoms with E-state index in [4.69, 9.17) is 11.6 Å². The fraction of sp³-hybridized carbons (Fsp3) is 0.250. The van der Waals surface area contributed by atoms with E-state index in [2.05, 4.69) is 27.3 Å². The molecule has 106 valence electrons. The summed E-state index contributed by atoms with van der Waals surface area (Å²) in [5.41, 5.74) is 2.13. The van der Waals surface area contributed by atoms with Crippen molar-refractivity contribution >= 4 is 27.5 Å². The molecule has 1 N–H and O–H groups in total. The molecule has 0 saturated heterocycles. The number of likely N-dealkylation sites (N-methyl/N-ethyl adjacent to an activating group) is 1. The van der Waals surface area contributed by atoms with Crippen molar-refractivity contribution in [2.45, 2.75) is 18.9 Å². The summed E-state index contributed by atoms with van der Waals surface area (Å²) in [5, 5.41) is 4.02. The second-order valence-corrected chi connectivity index (χ2v) is 6.05. The third-order valence-electron chi connectivity index (χ3n) is 3.25. The van der Waals surface area contributed by atoms with Gasteiger partial charge in [-0.3, -0.25) is 0 Å². The van der Waals surface area contributed by atoms with E-state index in [0.29, 0.717) is 0 Å². The zero-order chi connectivity index (χ0) is 14.5. The van der Waals surface area contributed by atoms with Gasteiger partial charge < -0.3 is 5.32 Å².